The monoisotopic (exact) mass is 421 g/mol. The molecule has 4 nitrogen and oxygen atoms in total. The minimum Gasteiger partial charge on any atom is -0.550 e. The third kappa shape index (κ3) is 3.44. The lowest BCUT2D eigenvalue weighted by Crippen LogP contribution is -2.55. The van der Waals surface area contributed by atoms with Crippen LogP contribution in [0.1, 0.15) is 23.0 Å². The Bertz CT molecular complexity index is 1210. The maximum Gasteiger partial charge on any atom is 0.315 e. The molecule has 0 saturated heterocycles. The van der Waals surface area contributed by atoms with Gasteiger partial charge in [-0.05, 0) is 22.6 Å². The summed E-state index contributed by atoms with van der Waals surface area (Å²) >= 11 is 0. The molecule has 4 heteroatoms. The zero-order chi connectivity index (χ0) is 22.1. The Morgan fingerprint density at radius 1 is 0.625 bits per heavy atom. The molecule has 4 aromatic rings. The van der Waals surface area contributed by atoms with Crippen LogP contribution in [0.3, 0.4) is 0 Å². The van der Waals surface area contributed by atoms with E-state index in [0.29, 0.717) is 5.75 Å². The summed E-state index contributed by atoms with van der Waals surface area (Å²) in [5, 5.41) is 14.0. The SMILES string of the molecule is O=C([O-])C1[C@@H](c2ccccc2)C(C(=O)Oc2cccc3ccccc23)[C@H]1c1ccccc1. The predicted octanol–water partition coefficient (Wildman–Crippen LogP) is 4.31. The van der Waals surface area contributed by atoms with Gasteiger partial charge in [0, 0.05) is 29.1 Å². The van der Waals surface area contributed by atoms with Gasteiger partial charge in [0.1, 0.15) is 5.75 Å². The van der Waals surface area contributed by atoms with Crippen molar-refractivity contribution in [1.82, 2.24) is 0 Å². The topological polar surface area (TPSA) is 66.4 Å². The van der Waals surface area contributed by atoms with E-state index < -0.39 is 35.6 Å². The van der Waals surface area contributed by atoms with Gasteiger partial charge in [-0.2, -0.15) is 0 Å². The molecule has 0 bridgehead atoms. The normalized spacial score (nSPS) is 22.1. The summed E-state index contributed by atoms with van der Waals surface area (Å²) < 4.78 is 5.91. The summed E-state index contributed by atoms with van der Waals surface area (Å²) in [5.74, 6) is -3.60. The number of carboxylic acid groups (broad SMARTS) is 1. The Balaban J connectivity index is 1.55. The van der Waals surface area contributed by atoms with Crippen molar-refractivity contribution in [2.24, 2.45) is 11.8 Å². The average molecular weight is 421 g/mol. The van der Waals surface area contributed by atoms with Crippen LogP contribution in [0.25, 0.3) is 10.8 Å². The Kier molecular flexibility index (Phi) is 5.20. The van der Waals surface area contributed by atoms with Gasteiger partial charge in [-0.3, -0.25) is 4.79 Å². The maximum atomic E-state index is 13.5. The highest BCUT2D eigenvalue weighted by atomic mass is 16.5. The number of ether oxygens (including phenoxy) is 1. The number of fused-ring (bicyclic) bond motifs is 1. The molecule has 0 heterocycles. The van der Waals surface area contributed by atoms with E-state index in [4.69, 9.17) is 4.74 Å². The average Bonchev–Trinajstić information content (AvgIpc) is 2.80. The van der Waals surface area contributed by atoms with Crippen molar-refractivity contribution in [2.45, 2.75) is 11.8 Å². The predicted molar refractivity (Wildman–Crippen MR) is 120 cm³/mol. The number of carbonyl (C=O) groups is 2. The van der Waals surface area contributed by atoms with Crippen LogP contribution in [0.5, 0.6) is 5.75 Å². The molecule has 4 aromatic carbocycles. The van der Waals surface area contributed by atoms with Crippen LogP contribution in [-0.4, -0.2) is 11.9 Å². The van der Waals surface area contributed by atoms with Crippen molar-refractivity contribution >= 4 is 22.7 Å². The van der Waals surface area contributed by atoms with Crippen molar-refractivity contribution in [2.75, 3.05) is 0 Å². The summed E-state index contributed by atoms with van der Waals surface area (Å²) in [6.45, 7) is 0. The van der Waals surface area contributed by atoms with Gasteiger partial charge in [0.25, 0.3) is 0 Å². The van der Waals surface area contributed by atoms with Gasteiger partial charge in [0.2, 0.25) is 0 Å². The van der Waals surface area contributed by atoms with Crippen LogP contribution in [0.15, 0.2) is 103 Å². The van der Waals surface area contributed by atoms with E-state index >= 15 is 0 Å². The standard InChI is InChI=1S/C28H22O4/c29-27(30)25-23(19-11-3-1-4-12-19)26(24(25)20-13-5-2-6-14-20)28(31)32-22-17-9-15-18-10-7-8-16-21(18)22/h1-17,23-26H,(H,29,30)/p-1/t23-,24+,25?,26?. The molecule has 1 aliphatic rings. The first-order chi connectivity index (χ1) is 15.6. The molecule has 0 amide bonds. The summed E-state index contributed by atoms with van der Waals surface area (Å²) in [6.07, 6.45) is 0. The number of carboxylic acids is 1. The number of hydrogen-bond acceptors (Lipinski definition) is 4. The van der Waals surface area contributed by atoms with Gasteiger partial charge in [-0.25, -0.2) is 0 Å². The van der Waals surface area contributed by atoms with Crippen molar-refractivity contribution in [3.05, 3.63) is 114 Å². The minimum absolute atomic E-state index is 0.429. The fourth-order valence-corrected chi connectivity index (χ4v) is 4.98. The quantitative estimate of drug-likeness (QED) is 0.356. The summed E-state index contributed by atoms with van der Waals surface area (Å²) in [7, 11) is 0. The highest BCUT2D eigenvalue weighted by Crippen LogP contribution is 2.57. The van der Waals surface area contributed by atoms with E-state index in [2.05, 4.69) is 0 Å². The molecule has 0 radical (unpaired) electrons. The molecule has 32 heavy (non-hydrogen) atoms. The van der Waals surface area contributed by atoms with Crippen LogP contribution in [-0.2, 0) is 9.59 Å². The molecule has 5 rings (SSSR count). The Morgan fingerprint density at radius 2 is 1.16 bits per heavy atom. The lowest BCUT2D eigenvalue weighted by atomic mass is 9.52. The van der Waals surface area contributed by atoms with E-state index in [1.54, 1.807) is 6.07 Å². The number of hydrogen-bond donors (Lipinski definition) is 0. The first-order valence-electron chi connectivity index (χ1n) is 10.7. The summed E-state index contributed by atoms with van der Waals surface area (Å²) in [5.41, 5.74) is 1.60. The van der Waals surface area contributed by atoms with Gasteiger partial charge in [-0.15, -0.1) is 0 Å². The second-order valence-electron chi connectivity index (χ2n) is 8.14. The lowest BCUT2D eigenvalue weighted by molar-refractivity contribution is -0.317. The Morgan fingerprint density at radius 3 is 1.75 bits per heavy atom. The number of carbonyl (C=O) groups excluding carboxylic acids is 2. The molecule has 158 valence electrons. The van der Waals surface area contributed by atoms with Crippen molar-refractivity contribution in [3.8, 4) is 5.75 Å². The molecule has 0 spiro atoms. The molecular weight excluding hydrogens is 400 g/mol. The smallest absolute Gasteiger partial charge is 0.315 e. The van der Waals surface area contributed by atoms with E-state index in [0.717, 1.165) is 21.9 Å². The van der Waals surface area contributed by atoms with E-state index in [1.807, 2.05) is 97.1 Å². The summed E-state index contributed by atoms with van der Waals surface area (Å²) in [4.78, 5) is 25.7. The van der Waals surface area contributed by atoms with Crippen molar-refractivity contribution < 1.29 is 19.4 Å². The molecule has 4 atom stereocenters. The molecule has 2 unspecified atom stereocenters. The van der Waals surface area contributed by atoms with Crippen LogP contribution in [0.4, 0.5) is 0 Å². The molecule has 0 aromatic heterocycles. The highest BCUT2D eigenvalue weighted by molar-refractivity contribution is 5.92. The largest absolute Gasteiger partial charge is 0.550 e. The van der Waals surface area contributed by atoms with Crippen LogP contribution in [0, 0.1) is 11.8 Å². The zero-order valence-corrected chi connectivity index (χ0v) is 17.3. The van der Waals surface area contributed by atoms with Crippen LogP contribution in [0.2, 0.25) is 0 Å². The van der Waals surface area contributed by atoms with Crippen LogP contribution >= 0.6 is 0 Å². The number of rotatable bonds is 5. The molecule has 0 N–H and O–H groups in total. The second-order valence-corrected chi connectivity index (χ2v) is 8.14. The first-order valence-corrected chi connectivity index (χ1v) is 10.7. The molecular formula is C28H21O4-. The third-order valence-corrected chi connectivity index (χ3v) is 6.42. The second kappa shape index (κ2) is 8.31. The van der Waals surface area contributed by atoms with Gasteiger partial charge in [-0.1, -0.05) is 97.1 Å². The van der Waals surface area contributed by atoms with E-state index in [-0.39, 0.29) is 0 Å². The van der Waals surface area contributed by atoms with Gasteiger partial charge in [0.05, 0.1) is 5.92 Å². The zero-order valence-electron chi connectivity index (χ0n) is 17.3. The number of aliphatic carboxylic acids is 1. The molecule has 1 aliphatic carbocycles. The third-order valence-electron chi connectivity index (χ3n) is 6.42. The highest BCUT2D eigenvalue weighted by Gasteiger charge is 2.56. The van der Waals surface area contributed by atoms with Gasteiger partial charge < -0.3 is 14.6 Å². The van der Waals surface area contributed by atoms with Crippen molar-refractivity contribution in [1.29, 1.82) is 0 Å². The molecule has 1 saturated carbocycles. The summed E-state index contributed by atoms with van der Waals surface area (Å²) in [6, 6.07) is 31.9. The Labute approximate surface area is 186 Å². The maximum absolute atomic E-state index is 13.5. The fraction of sp³-hybridized carbons (Fsp3) is 0.143. The Hall–Kier alpha value is -3.92. The minimum atomic E-state index is -1.15. The molecule has 0 aliphatic heterocycles. The molecule has 1 fully saturated rings. The van der Waals surface area contributed by atoms with E-state index in [1.165, 1.54) is 0 Å². The lowest BCUT2D eigenvalue weighted by Gasteiger charge is -2.51. The van der Waals surface area contributed by atoms with Crippen molar-refractivity contribution in [3.63, 3.8) is 0 Å². The number of benzene rings is 4. The first kappa shape index (κ1) is 20.0. The van der Waals surface area contributed by atoms with Gasteiger partial charge in [0.15, 0.2) is 0 Å². The van der Waals surface area contributed by atoms with Crippen LogP contribution < -0.4 is 9.84 Å². The van der Waals surface area contributed by atoms with E-state index in [9.17, 15) is 14.7 Å². The van der Waals surface area contributed by atoms with Gasteiger partial charge >= 0.3 is 5.97 Å². The number of esters is 1. The fourth-order valence-electron chi connectivity index (χ4n) is 4.98.